The second kappa shape index (κ2) is 9.63. The van der Waals surface area contributed by atoms with Gasteiger partial charge in [0.15, 0.2) is 5.82 Å². The van der Waals surface area contributed by atoms with Gasteiger partial charge in [-0.2, -0.15) is 9.97 Å². The van der Waals surface area contributed by atoms with Crippen molar-refractivity contribution in [3.05, 3.63) is 47.8 Å². The van der Waals surface area contributed by atoms with Gasteiger partial charge in [0.2, 0.25) is 0 Å². The molecule has 7 rings (SSSR count). The number of hydrogen-bond donors (Lipinski definition) is 2. The fourth-order valence-corrected chi connectivity index (χ4v) is 6.76. The highest BCUT2D eigenvalue weighted by Crippen LogP contribution is 2.39. The molecule has 38 heavy (non-hydrogen) atoms. The van der Waals surface area contributed by atoms with E-state index in [-0.39, 0.29) is 11.5 Å². The molecule has 2 bridgehead atoms. The molecule has 9 heteroatoms. The molecule has 3 aromatic rings. The van der Waals surface area contributed by atoms with Gasteiger partial charge in [-0.05, 0) is 63.0 Å². The summed E-state index contributed by atoms with van der Waals surface area (Å²) < 4.78 is 22.6. The van der Waals surface area contributed by atoms with E-state index < -0.39 is 11.9 Å². The third-order valence-corrected chi connectivity index (χ3v) is 8.76. The van der Waals surface area contributed by atoms with Crippen LogP contribution in [-0.4, -0.2) is 84.0 Å². The highest BCUT2D eigenvalue weighted by molar-refractivity contribution is 5.93. The zero-order chi connectivity index (χ0) is 25.8. The lowest BCUT2D eigenvalue weighted by atomic mass is 9.98. The third-order valence-electron chi connectivity index (χ3n) is 8.76. The maximum absolute atomic E-state index is 16.5. The van der Waals surface area contributed by atoms with Crippen molar-refractivity contribution in [3.8, 4) is 6.01 Å². The molecule has 0 spiro atoms. The van der Waals surface area contributed by atoms with Crippen molar-refractivity contribution in [3.63, 3.8) is 0 Å². The van der Waals surface area contributed by atoms with Crippen molar-refractivity contribution in [1.29, 1.82) is 0 Å². The molecular weight excluding hydrogens is 483 g/mol. The largest absolute Gasteiger partial charge is 0.462 e. The third kappa shape index (κ3) is 4.26. The Bertz CT molecular complexity index is 1340. The summed E-state index contributed by atoms with van der Waals surface area (Å²) in [4.78, 5) is 16.0. The number of benzene rings is 2. The van der Waals surface area contributed by atoms with Gasteiger partial charge in [0.25, 0.3) is 0 Å². The summed E-state index contributed by atoms with van der Waals surface area (Å²) in [6, 6.07) is 13.0. The molecule has 2 N–H and O–H groups in total. The van der Waals surface area contributed by atoms with Crippen LogP contribution in [0.2, 0.25) is 0 Å². The minimum Gasteiger partial charge on any atom is -0.462 e. The molecule has 0 amide bonds. The summed E-state index contributed by atoms with van der Waals surface area (Å²) in [5.74, 6) is 0.337. The van der Waals surface area contributed by atoms with Crippen molar-refractivity contribution in [2.75, 3.05) is 49.6 Å². The number of para-hydroxylation sites is 1. The number of likely N-dealkylation sites (N-methyl/N-ethyl adjacent to an activating group) is 1. The summed E-state index contributed by atoms with van der Waals surface area (Å²) in [7, 11) is 2.11. The van der Waals surface area contributed by atoms with Crippen LogP contribution in [0.3, 0.4) is 0 Å². The van der Waals surface area contributed by atoms with Crippen LogP contribution in [0.1, 0.15) is 31.2 Å². The number of nitrogens with one attached hydrogen (secondary N) is 1. The predicted molar refractivity (Wildman–Crippen MR) is 146 cm³/mol. The molecule has 4 aliphatic heterocycles. The second-order valence-corrected chi connectivity index (χ2v) is 11.4. The number of aromatic nitrogens is 2. The van der Waals surface area contributed by atoms with E-state index in [1.807, 2.05) is 41.3 Å². The van der Waals surface area contributed by atoms with Gasteiger partial charge in [-0.25, -0.2) is 4.39 Å². The average Bonchev–Trinajstić information content (AvgIpc) is 3.50. The van der Waals surface area contributed by atoms with Gasteiger partial charge in [-0.15, -0.1) is 0 Å². The Balaban J connectivity index is 1.31. The SMILES string of the molecule is CN1CCC[C@H]1COc1nc(N2CC3CCC(C2)N3)c2ccc(N3CC(O)Cc4ccccc43)c(F)c2n1. The smallest absolute Gasteiger partial charge is 0.319 e. The van der Waals surface area contributed by atoms with Gasteiger partial charge < -0.3 is 29.9 Å². The molecule has 4 aliphatic rings. The molecule has 200 valence electrons. The molecule has 2 aromatic carbocycles. The number of piperazine rings is 1. The van der Waals surface area contributed by atoms with E-state index in [9.17, 15) is 5.11 Å². The van der Waals surface area contributed by atoms with E-state index in [0.717, 1.165) is 62.4 Å². The van der Waals surface area contributed by atoms with Gasteiger partial charge in [-0.1, -0.05) is 18.2 Å². The van der Waals surface area contributed by atoms with E-state index in [1.165, 1.54) is 0 Å². The fraction of sp³-hybridized carbons (Fsp3) is 0.517. The Morgan fingerprint density at radius 3 is 2.63 bits per heavy atom. The fourth-order valence-electron chi connectivity index (χ4n) is 6.76. The topological polar surface area (TPSA) is 77.0 Å². The lowest BCUT2D eigenvalue weighted by molar-refractivity contribution is 0.178. The van der Waals surface area contributed by atoms with Crippen LogP contribution in [0.5, 0.6) is 6.01 Å². The van der Waals surface area contributed by atoms with Gasteiger partial charge in [0.1, 0.15) is 17.9 Å². The minimum absolute atomic E-state index is 0.230. The van der Waals surface area contributed by atoms with E-state index in [1.54, 1.807) is 0 Å². The van der Waals surface area contributed by atoms with Crippen LogP contribution in [0, 0.1) is 5.82 Å². The van der Waals surface area contributed by atoms with Crippen LogP contribution in [0.4, 0.5) is 21.6 Å². The van der Waals surface area contributed by atoms with Crippen molar-refractivity contribution in [1.82, 2.24) is 20.2 Å². The van der Waals surface area contributed by atoms with Crippen molar-refractivity contribution < 1.29 is 14.2 Å². The Hall–Kier alpha value is -3.01. The number of rotatable bonds is 5. The Morgan fingerprint density at radius 1 is 1.03 bits per heavy atom. The number of likely N-dealkylation sites (tertiary alicyclic amines) is 1. The lowest BCUT2D eigenvalue weighted by Crippen LogP contribution is -2.51. The zero-order valence-electron chi connectivity index (χ0n) is 21.8. The number of aliphatic hydroxyl groups excluding tert-OH is 1. The number of fused-ring (bicyclic) bond motifs is 4. The molecule has 0 aliphatic carbocycles. The van der Waals surface area contributed by atoms with Crippen LogP contribution < -0.4 is 19.9 Å². The minimum atomic E-state index is -0.570. The van der Waals surface area contributed by atoms with Gasteiger partial charge in [-0.3, -0.25) is 0 Å². The van der Waals surface area contributed by atoms with E-state index in [4.69, 9.17) is 9.72 Å². The molecule has 3 fully saturated rings. The summed E-state index contributed by atoms with van der Waals surface area (Å²) in [6.07, 6.45) is 4.52. The first-order chi connectivity index (χ1) is 18.5. The summed E-state index contributed by atoms with van der Waals surface area (Å²) in [6.45, 7) is 3.55. The number of ether oxygens (including phenoxy) is 1. The maximum atomic E-state index is 16.5. The lowest BCUT2D eigenvalue weighted by Gasteiger charge is -2.35. The quantitative estimate of drug-likeness (QED) is 0.533. The first kappa shape index (κ1) is 24.1. The number of hydrogen-bond acceptors (Lipinski definition) is 8. The molecule has 3 unspecified atom stereocenters. The van der Waals surface area contributed by atoms with Gasteiger partial charge in [0.05, 0.1) is 11.8 Å². The number of anilines is 3. The normalized spacial score (nSPS) is 27.2. The standard InChI is InChI=1S/C29H35FN6O2/c1-34-12-4-6-21(34)17-38-29-32-27-23(28(33-29)35-14-19-8-9-20(15-35)31-19)10-11-25(26(27)30)36-16-22(37)13-18-5-2-3-7-24(18)36/h2-3,5,7,10-11,19-22,31,37H,4,6,8-9,12-17H2,1H3/t19?,20?,21-,22?/m0/s1. The van der Waals surface area contributed by atoms with Crippen LogP contribution in [0.15, 0.2) is 36.4 Å². The molecule has 3 saturated heterocycles. The molecule has 8 nitrogen and oxygen atoms in total. The van der Waals surface area contributed by atoms with E-state index in [0.29, 0.717) is 48.8 Å². The van der Waals surface area contributed by atoms with Crippen molar-refractivity contribution >= 4 is 28.1 Å². The molecule has 5 heterocycles. The maximum Gasteiger partial charge on any atom is 0.319 e. The first-order valence-electron chi connectivity index (χ1n) is 13.9. The van der Waals surface area contributed by atoms with Crippen LogP contribution >= 0.6 is 0 Å². The van der Waals surface area contributed by atoms with Gasteiger partial charge in [0, 0.05) is 55.3 Å². The van der Waals surface area contributed by atoms with Crippen LogP contribution in [-0.2, 0) is 6.42 Å². The predicted octanol–water partition coefficient (Wildman–Crippen LogP) is 3.24. The van der Waals surface area contributed by atoms with Crippen LogP contribution in [0.25, 0.3) is 10.9 Å². The molecule has 0 radical (unpaired) electrons. The highest BCUT2D eigenvalue weighted by atomic mass is 19.1. The Morgan fingerprint density at radius 2 is 1.84 bits per heavy atom. The zero-order valence-corrected chi connectivity index (χ0v) is 21.8. The summed E-state index contributed by atoms with van der Waals surface area (Å²) in [5.41, 5.74) is 2.61. The molecule has 1 aromatic heterocycles. The molecule has 4 atom stereocenters. The number of β-amino-alcohol motifs (C(OH)–C–C–N with tert-alkyl or cyclic N) is 1. The van der Waals surface area contributed by atoms with E-state index in [2.05, 4.69) is 27.1 Å². The highest BCUT2D eigenvalue weighted by Gasteiger charge is 2.35. The number of nitrogens with zero attached hydrogens (tertiary/aromatic N) is 5. The van der Waals surface area contributed by atoms with Gasteiger partial charge >= 0.3 is 6.01 Å². The number of halogens is 1. The van der Waals surface area contributed by atoms with E-state index >= 15 is 4.39 Å². The summed E-state index contributed by atoms with van der Waals surface area (Å²) >= 11 is 0. The average molecular weight is 519 g/mol. The Kier molecular flexibility index (Phi) is 6.10. The summed E-state index contributed by atoms with van der Waals surface area (Å²) in [5, 5.41) is 14.9. The second-order valence-electron chi connectivity index (χ2n) is 11.4. The first-order valence-corrected chi connectivity index (χ1v) is 13.9. The van der Waals surface area contributed by atoms with Crippen molar-refractivity contribution in [2.45, 2.75) is 56.3 Å². The van der Waals surface area contributed by atoms with Crippen molar-refractivity contribution in [2.24, 2.45) is 0 Å². The molecular formula is C29H35FN6O2. The monoisotopic (exact) mass is 518 g/mol. The Labute approximate surface area is 222 Å². The number of aliphatic hydroxyl groups is 1. The molecule has 0 saturated carbocycles.